The molecule has 1 unspecified atom stereocenters. The molecular formula is C23H31N. The molecular weight excluding hydrogens is 290 g/mol. The number of hydrogen-bond acceptors (Lipinski definition) is 1. The van der Waals surface area contributed by atoms with Crippen molar-refractivity contribution >= 4 is 0 Å². The first kappa shape index (κ1) is 17.2. The minimum atomic E-state index is 0.552. The Bertz CT molecular complexity index is 569. The van der Waals surface area contributed by atoms with E-state index < -0.39 is 0 Å². The van der Waals surface area contributed by atoms with E-state index in [9.17, 15) is 0 Å². The van der Waals surface area contributed by atoms with Gasteiger partial charge in [0.2, 0.25) is 0 Å². The van der Waals surface area contributed by atoms with Gasteiger partial charge in [0.1, 0.15) is 0 Å². The van der Waals surface area contributed by atoms with Gasteiger partial charge in [0.25, 0.3) is 0 Å². The van der Waals surface area contributed by atoms with E-state index in [-0.39, 0.29) is 0 Å². The van der Waals surface area contributed by atoms with Crippen molar-refractivity contribution in [3.8, 4) is 0 Å². The molecule has 0 bridgehead atoms. The van der Waals surface area contributed by atoms with Crippen LogP contribution in [-0.4, -0.2) is 13.1 Å². The van der Waals surface area contributed by atoms with Crippen molar-refractivity contribution in [1.29, 1.82) is 0 Å². The SMILES string of the molecule is CC1CCC(CNCC(Cc2ccccc2)c2ccccc2)CC1. The summed E-state index contributed by atoms with van der Waals surface area (Å²) < 4.78 is 0. The quantitative estimate of drug-likeness (QED) is 0.717. The van der Waals surface area contributed by atoms with E-state index in [1.807, 2.05) is 0 Å². The Morgan fingerprint density at radius 1 is 0.875 bits per heavy atom. The highest BCUT2D eigenvalue weighted by atomic mass is 14.9. The Morgan fingerprint density at radius 3 is 2.17 bits per heavy atom. The summed E-state index contributed by atoms with van der Waals surface area (Å²) >= 11 is 0. The summed E-state index contributed by atoms with van der Waals surface area (Å²) in [6, 6.07) is 21.9. The standard InChI is InChI=1S/C23H31N/c1-19-12-14-21(15-13-19)17-24-18-23(22-10-6-3-7-11-22)16-20-8-4-2-5-9-20/h2-11,19,21,23-24H,12-18H2,1H3. The highest BCUT2D eigenvalue weighted by Gasteiger charge is 2.18. The second-order valence-electron chi connectivity index (χ2n) is 7.58. The highest BCUT2D eigenvalue weighted by Crippen LogP contribution is 2.28. The predicted octanol–water partition coefficient (Wildman–Crippen LogP) is 5.43. The zero-order valence-corrected chi connectivity index (χ0v) is 15.0. The molecule has 2 aromatic carbocycles. The second kappa shape index (κ2) is 9.03. The molecule has 24 heavy (non-hydrogen) atoms. The summed E-state index contributed by atoms with van der Waals surface area (Å²) in [5.74, 6) is 2.38. The summed E-state index contributed by atoms with van der Waals surface area (Å²) in [4.78, 5) is 0. The average molecular weight is 322 g/mol. The number of hydrogen-bond donors (Lipinski definition) is 1. The molecule has 1 aliphatic carbocycles. The molecule has 1 atom stereocenters. The third-order valence-corrected chi connectivity index (χ3v) is 5.56. The van der Waals surface area contributed by atoms with Gasteiger partial charge in [-0.25, -0.2) is 0 Å². The minimum absolute atomic E-state index is 0.552. The van der Waals surface area contributed by atoms with Crippen LogP contribution < -0.4 is 5.32 Å². The molecule has 1 saturated carbocycles. The van der Waals surface area contributed by atoms with E-state index in [1.54, 1.807) is 0 Å². The number of nitrogens with one attached hydrogen (secondary N) is 1. The summed E-state index contributed by atoms with van der Waals surface area (Å²) in [7, 11) is 0. The van der Waals surface area contributed by atoms with Gasteiger partial charge in [0, 0.05) is 12.5 Å². The molecule has 0 aliphatic heterocycles. The molecule has 0 aromatic heterocycles. The Morgan fingerprint density at radius 2 is 1.50 bits per heavy atom. The lowest BCUT2D eigenvalue weighted by Gasteiger charge is -2.27. The van der Waals surface area contributed by atoms with Crippen molar-refractivity contribution in [3.05, 3.63) is 71.8 Å². The van der Waals surface area contributed by atoms with Crippen LogP contribution >= 0.6 is 0 Å². The molecule has 2 aromatic rings. The Kier molecular flexibility index (Phi) is 6.48. The average Bonchev–Trinajstić information content (AvgIpc) is 2.64. The zero-order chi connectivity index (χ0) is 16.6. The smallest absolute Gasteiger partial charge is 0.00234 e. The maximum atomic E-state index is 3.79. The molecule has 1 aliphatic rings. The minimum Gasteiger partial charge on any atom is -0.316 e. The summed E-state index contributed by atoms with van der Waals surface area (Å²) in [5.41, 5.74) is 2.88. The van der Waals surface area contributed by atoms with Crippen LogP contribution in [0.3, 0.4) is 0 Å². The fourth-order valence-corrected chi connectivity index (χ4v) is 3.93. The van der Waals surface area contributed by atoms with Crippen LogP contribution in [0.5, 0.6) is 0 Å². The first-order valence-electron chi connectivity index (χ1n) is 9.61. The number of benzene rings is 2. The van der Waals surface area contributed by atoms with Crippen molar-refractivity contribution in [2.24, 2.45) is 11.8 Å². The van der Waals surface area contributed by atoms with Crippen LogP contribution in [0.25, 0.3) is 0 Å². The molecule has 1 nitrogen and oxygen atoms in total. The molecule has 0 radical (unpaired) electrons. The Hall–Kier alpha value is -1.60. The van der Waals surface area contributed by atoms with Crippen LogP contribution in [0.4, 0.5) is 0 Å². The Labute approximate surface area is 147 Å². The summed E-state index contributed by atoms with van der Waals surface area (Å²) in [6.07, 6.45) is 6.75. The van der Waals surface area contributed by atoms with Gasteiger partial charge in [0.05, 0.1) is 0 Å². The molecule has 1 N–H and O–H groups in total. The molecule has 1 heteroatoms. The number of rotatable bonds is 7. The zero-order valence-electron chi connectivity index (χ0n) is 15.0. The van der Waals surface area contributed by atoms with E-state index in [0.717, 1.165) is 24.8 Å². The maximum absolute atomic E-state index is 3.79. The van der Waals surface area contributed by atoms with Gasteiger partial charge in [-0.15, -0.1) is 0 Å². The Balaban J connectivity index is 1.56. The van der Waals surface area contributed by atoms with E-state index in [2.05, 4.69) is 72.9 Å². The van der Waals surface area contributed by atoms with Crippen molar-refractivity contribution in [2.75, 3.05) is 13.1 Å². The van der Waals surface area contributed by atoms with Crippen molar-refractivity contribution in [3.63, 3.8) is 0 Å². The summed E-state index contributed by atoms with van der Waals surface area (Å²) in [6.45, 7) is 4.66. The monoisotopic (exact) mass is 321 g/mol. The third-order valence-electron chi connectivity index (χ3n) is 5.56. The molecule has 128 valence electrons. The first-order valence-corrected chi connectivity index (χ1v) is 9.61. The predicted molar refractivity (Wildman–Crippen MR) is 103 cm³/mol. The van der Waals surface area contributed by atoms with Crippen LogP contribution in [-0.2, 0) is 6.42 Å². The maximum Gasteiger partial charge on any atom is 0.00234 e. The van der Waals surface area contributed by atoms with E-state index in [0.29, 0.717) is 5.92 Å². The van der Waals surface area contributed by atoms with E-state index in [4.69, 9.17) is 0 Å². The fourth-order valence-electron chi connectivity index (χ4n) is 3.93. The lowest BCUT2D eigenvalue weighted by atomic mass is 9.83. The van der Waals surface area contributed by atoms with Gasteiger partial charge in [-0.05, 0) is 48.8 Å². The van der Waals surface area contributed by atoms with E-state index >= 15 is 0 Å². The van der Waals surface area contributed by atoms with Gasteiger partial charge in [-0.3, -0.25) is 0 Å². The van der Waals surface area contributed by atoms with Crippen LogP contribution in [0, 0.1) is 11.8 Å². The van der Waals surface area contributed by atoms with Gasteiger partial charge in [0.15, 0.2) is 0 Å². The van der Waals surface area contributed by atoms with Crippen molar-refractivity contribution < 1.29 is 0 Å². The third kappa shape index (κ3) is 5.21. The van der Waals surface area contributed by atoms with Gasteiger partial charge in [-0.2, -0.15) is 0 Å². The van der Waals surface area contributed by atoms with E-state index in [1.165, 1.54) is 43.4 Å². The van der Waals surface area contributed by atoms with Crippen LogP contribution in [0.2, 0.25) is 0 Å². The van der Waals surface area contributed by atoms with Gasteiger partial charge < -0.3 is 5.32 Å². The van der Waals surface area contributed by atoms with Crippen molar-refractivity contribution in [2.45, 2.75) is 44.9 Å². The molecule has 0 amide bonds. The lowest BCUT2D eigenvalue weighted by molar-refractivity contribution is 0.280. The molecule has 0 heterocycles. The molecule has 0 spiro atoms. The molecule has 3 rings (SSSR count). The van der Waals surface area contributed by atoms with Gasteiger partial charge >= 0.3 is 0 Å². The first-order chi connectivity index (χ1) is 11.8. The molecule has 0 saturated heterocycles. The summed E-state index contributed by atoms with van der Waals surface area (Å²) in [5, 5.41) is 3.79. The van der Waals surface area contributed by atoms with Crippen molar-refractivity contribution in [1.82, 2.24) is 5.32 Å². The fraction of sp³-hybridized carbons (Fsp3) is 0.478. The topological polar surface area (TPSA) is 12.0 Å². The lowest BCUT2D eigenvalue weighted by Crippen LogP contribution is -2.30. The normalized spacial score (nSPS) is 22.2. The highest BCUT2D eigenvalue weighted by molar-refractivity contribution is 5.24. The molecule has 1 fully saturated rings. The largest absolute Gasteiger partial charge is 0.316 e. The van der Waals surface area contributed by atoms with Crippen LogP contribution in [0.15, 0.2) is 60.7 Å². The van der Waals surface area contributed by atoms with Gasteiger partial charge in [-0.1, -0.05) is 80.4 Å². The second-order valence-corrected chi connectivity index (χ2v) is 7.58. The van der Waals surface area contributed by atoms with Crippen LogP contribution in [0.1, 0.15) is 49.7 Å².